The SMILES string of the molecule is CC(=O)OCC1=CC2OC(=O)C(C)C2(O)C(OC(C)=O)C2C(C)=CCC(OC(C)=O)C2(C)C(OC(C)=O)CC1. The zero-order valence-electron chi connectivity index (χ0n) is 23.5. The lowest BCUT2D eigenvalue weighted by Gasteiger charge is -2.54. The molecule has 0 bridgehead atoms. The van der Waals surface area contributed by atoms with Crippen molar-refractivity contribution in [2.75, 3.05) is 6.61 Å². The number of fused-ring (bicyclic) bond motifs is 2. The van der Waals surface area contributed by atoms with Gasteiger partial charge in [-0.1, -0.05) is 18.6 Å². The predicted molar refractivity (Wildman–Crippen MR) is 135 cm³/mol. The van der Waals surface area contributed by atoms with E-state index in [9.17, 15) is 29.1 Å². The first kappa shape index (κ1) is 30.3. The Hall–Kier alpha value is -3.21. The third-order valence-corrected chi connectivity index (χ3v) is 8.19. The Morgan fingerprint density at radius 1 is 1.00 bits per heavy atom. The summed E-state index contributed by atoms with van der Waals surface area (Å²) in [5.74, 6) is -5.07. The summed E-state index contributed by atoms with van der Waals surface area (Å²) in [6.07, 6.45) is -0.259. The molecule has 0 aromatic rings. The normalized spacial score (nSPS) is 36.2. The molecular weight excluding hydrogens is 512 g/mol. The fraction of sp³-hybridized carbons (Fsp3) is 0.679. The molecule has 1 heterocycles. The monoisotopic (exact) mass is 550 g/mol. The standard InChI is InChI=1S/C28H38O11/c1-14-8-10-21(36-17(4)30)27(7)22(37-18(5)31)11-9-20(13-35-16(3)29)12-23-28(34,15(2)26(33)39-23)25(24(14)27)38-19(6)32/h8,12,15,21-25,34H,9-11,13H2,1-7H3. The van der Waals surface area contributed by atoms with Gasteiger partial charge in [0.05, 0.1) is 11.3 Å². The Bertz CT molecular complexity index is 1090. The number of hydrogen-bond acceptors (Lipinski definition) is 11. The van der Waals surface area contributed by atoms with E-state index >= 15 is 0 Å². The maximum Gasteiger partial charge on any atom is 0.312 e. The minimum atomic E-state index is -2.07. The van der Waals surface area contributed by atoms with Crippen molar-refractivity contribution in [1.82, 2.24) is 0 Å². The van der Waals surface area contributed by atoms with E-state index in [1.54, 1.807) is 13.8 Å². The molecule has 3 rings (SSSR count). The van der Waals surface area contributed by atoms with Crippen LogP contribution >= 0.6 is 0 Å². The Balaban J connectivity index is 2.34. The van der Waals surface area contributed by atoms with Gasteiger partial charge >= 0.3 is 29.8 Å². The molecule has 1 saturated heterocycles. The van der Waals surface area contributed by atoms with Crippen LogP contribution in [0.15, 0.2) is 23.3 Å². The molecule has 0 aromatic heterocycles. The van der Waals surface area contributed by atoms with Gasteiger partial charge in [-0.3, -0.25) is 24.0 Å². The van der Waals surface area contributed by atoms with Crippen molar-refractivity contribution in [1.29, 1.82) is 0 Å². The summed E-state index contributed by atoms with van der Waals surface area (Å²) in [4.78, 5) is 61.6. The molecule has 1 fully saturated rings. The summed E-state index contributed by atoms with van der Waals surface area (Å²) in [6, 6.07) is 0. The highest BCUT2D eigenvalue weighted by atomic mass is 16.6. The molecule has 39 heavy (non-hydrogen) atoms. The lowest BCUT2D eigenvalue weighted by Crippen LogP contribution is -2.65. The lowest BCUT2D eigenvalue weighted by molar-refractivity contribution is -0.216. The third kappa shape index (κ3) is 5.88. The summed E-state index contributed by atoms with van der Waals surface area (Å²) in [6.45, 7) is 9.85. The highest BCUT2D eigenvalue weighted by Gasteiger charge is 2.67. The zero-order valence-corrected chi connectivity index (χ0v) is 23.5. The fourth-order valence-corrected chi connectivity index (χ4v) is 6.28. The van der Waals surface area contributed by atoms with Gasteiger partial charge in [-0.25, -0.2) is 0 Å². The molecule has 0 radical (unpaired) electrons. The molecule has 216 valence electrons. The van der Waals surface area contributed by atoms with Gasteiger partial charge in [0.15, 0.2) is 11.7 Å². The summed E-state index contributed by atoms with van der Waals surface area (Å²) in [7, 11) is 0. The molecule has 0 spiro atoms. The molecule has 0 aromatic carbocycles. The predicted octanol–water partition coefficient (Wildman–Crippen LogP) is 2.33. The van der Waals surface area contributed by atoms with Crippen LogP contribution in [0.5, 0.6) is 0 Å². The molecule has 8 unspecified atom stereocenters. The highest BCUT2D eigenvalue weighted by molar-refractivity contribution is 5.78. The minimum absolute atomic E-state index is 0.161. The maximum absolute atomic E-state index is 12.9. The molecule has 11 nitrogen and oxygen atoms in total. The number of carbonyl (C=O) groups is 5. The van der Waals surface area contributed by atoms with Gasteiger partial charge in [0.2, 0.25) is 0 Å². The maximum atomic E-state index is 12.9. The summed E-state index contributed by atoms with van der Waals surface area (Å²) >= 11 is 0. The average molecular weight is 551 g/mol. The number of hydrogen-bond donors (Lipinski definition) is 1. The van der Waals surface area contributed by atoms with Crippen LogP contribution in [0.2, 0.25) is 0 Å². The molecule has 1 N–H and O–H groups in total. The van der Waals surface area contributed by atoms with Gasteiger partial charge in [-0.05, 0) is 38.3 Å². The average Bonchev–Trinajstić information content (AvgIpc) is 3.03. The zero-order chi connectivity index (χ0) is 29.3. The Kier molecular flexibility index (Phi) is 8.94. The molecule has 2 aliphatic carbocycles. The Morgan fingerprint density at radius 2 is 1.59 bits per heavy atom. The quantitative estimate of drug-likeness (QED) is 0.305. The first-order chi connectivity index (χ1) is 18.1. The Labute approximate surface area is 227 Å². The lowest BCUT2D eigenvalue weighted by atomic mass is 9.56. The van der Waals surface area contributed by atoms with E-state index in [0.29, 0.717) is 11.1 Å². The first-order valence-corrected chi connectivity index (χ1v) is 13.1. The van der Waals surface area contributed by atoms with Crippen molar-refractivity contribution in [3.63, 3.8) is 0 Å². The van der Waals surface area contributed by atoms with E-state index in [2.05, 4.69) is 0 Å². The van der Waals surface area contributed by atoms with Crippen LogP contribution in [0.25, 0.3) is 0 Å². The van der Waals surface area contributed by atoms with Gasteiger partial charge in [0, 0.05) is 40.0 Å². The first-order valence-electron chi connectivity index (χ1n) is 13.1. The van der Waals surface area contributed by atoms with Crippen molar-refractivity contribution < 1.29 is 52.8 Å². The summed E-state index contributed by atoms with van der Waals surface area (Å²) in [5, 5.41) is 12.4. The van der Waals surface area contributed by atoms with Crippen molar-refractivity contribution in [2.45, 2.75) is 97.7 Å². The molecular formula is C28H38O11. The van der Waals surface area contributed by atoms with E-state index < -0.39 is 77.1 Å². The highest BCUT2D eigenvalue weighted by Crippen LogP contribution is 2.55. The molecule has 0 amide bonds. The van der Waals surface area contributed by atoms with Crippen molar-refractivity contribution >= 4 is 29.8 Å². The van der Waals surface area contributed by atoms with Crippen LogP contribution in [0.1, 0.15) is 67.7 Å². The molecule has 0 saturated carbocycles. The fourth-order valence-electron chi connectivity index (χ4n) is 6.28. The van der Waals surface area contributed by atoms with E-state index in [4.69, 9.17) is 23.7 Å². The smallest absolute Gasteiger partial charge is 0.312 e. The van der Waals surface area contributed by atoms with Crippen molar-refractivity contribution in [3.8, 4) is 0 Å². The topological polar surface area (TPSA) is 152 Å². The molecule has 8 atom stereocenters. The largest absolute Gasteiger partial charge is 0.462 e. The minimum Gasteiger partial charge on any atom is -0.462 e. The van der Waals surface area contributed by atoms with Gasteiger partial charge in [-0.2, -0.15) is 0 Å². The van der Waals surface area contributed by atoms with E-state index in [1.807, 2.05) is 6.08 Å². The van der Waals surface area contributed by atoms with Crippen LogP contribution in [0, 0.1) is 17.3 Å². The van der Waals surface area contributed by atoms with Gasteiger partial charge in [0.25, 0.3) is 0 Å². The third-order valence-electron chi connectivity index (χ3n) is 8.19. The van der Waals surface area contributed by atoms with Crippen LogP contribution < -0.4 is 0 Å². The van der Waals surface area contributed by atoms with Gasteiger partial charge in [0.1, 0.15) is 24.9 Å². The Morgan fingerprint density at radius 3 is 2.15 bits per heavy atom. The van der Waals surface area contributed by atoms with Crippen LogP contribution in [-0.2, 0) is 47.7 Å². The number of carbonyl (C=O) groups excluding carboxylic acids is 5. The van der Waals surface area contributed by atoms with Crippen LogP contribution in [0.3, 0.4) is 0 Å². The molecule has 3 aliphatic rings. The van der Waals surface area contributed by atoms with Crippen LogP contribution in [0.4, 0.5) is 0 Å². The number of rotatable bonds is 5. The van der Waals surface area contributed by atoms with E-state index in [-0.39, 0.29) is 25.9 Å². The molecule has 11 heteroatoms. The van der Waals surface area contributed by atoms with Crippen molar-refractivity contribution in [3.05, 3.63) is 23.3 Å². The summed E-state index contributed by atoms with van der Waals surface area (Å²) < 4.78 is 28.3. The van der Waals surface area contributed by atoms with E-state index in [0.717, 1.165) is 0 Å². The van der Waals surface area contributed by atoms with E-state index in [1.165, 1.54) is 40.7 Å². The molecule has 1 aliphatic heterocycles. The van der Waals surface area contributed by atoms with Crippen LogP contribution in [-0.4, -0.2) is 71.6 Å². The number of esters is 5. The summed E-state index contributed by atoms with van der Waals surface area (Å²) in [5.41, 5.74) is -2.08. The second-order valence-electron chi connectivity index (χ2n) is 10.9. The second-order valence-corrected chi connectivity index (χ2v) is 10.9. The van der Waals surface area contributed by atoms with Gasteiger partial charge < -0.3 is 28.8 Å². The van der Waals surface area contributed by atoms with Crippen molar-refractivity contribution in [2.24, 2.45) is 17.3 Å². The second kappa shape index (κ2) is 11.5. The number of ether oxygens (including phenoxy) is 5. The number of aliphatic hydroxyl groups is 1. The van der Waals surface area contributed by atoms with Gasteiger partial charge in [-0.15, -0.1) is 0 Å².